The van der Waals surface area contributed by atoms with Crippen LogP contribution in [0.25, 0.3) is 0 Å². The fraction of sp³-hybridized carbons (Fsp3) is 0.375. The molecular weight excluding hydrogens is 220 g/mol. The van der Waals surface area contributed by atoms with Crippen molar-refractivity contribution in [2.75, 3.05) is 19.6 Å². The Labute approximate surface area is 90.9 Å². The van der Waals surface area contributed by atoms with E-state index in [1.165, 1.54) is 36.8 Å². The highest BCUT2D eigenvalue weighted by molar-refractivity contribution is 7.99. The van der Waals surface area contributed by atoms with Gasteiger partial charge in [0.05, 0.1) is 7.11 Å². The summed E-state index contributed by atoms with van der Waals surface area (Å²) < 4.78 is 4.61. The van der Waals surface area contributed by atoms with Crippen LogP contribution in [0.3, 0.4) is 0 Å². The second kappa shape index (κ2) is 5.21. The number of hydrogen-bond acceptors (Lipinski definition) is 6. The molecule has 1 heterocycles. The molecule has 14 heavy (non-hydrogen) atoms. The largest absolute Gasteiger partial charge is 0.465 e. The average Bonchev–Trinajstić information content (AvgIpc) is 2.27. The van der Waals surface area contributed by atoms with E-state index >= 15 is 0 Å². The first-order valence-corrected chi connectivity index (χ1v) is 6.21. The van der Waals surface area contributed by atoms with E-state index < -0.39 is 5.97 Å². The Morgan fingerprint density at radius 3 is 2.64 bits per heavy atom. The zero-order valence-electron chi connectivity index (χ0n) is 8.10. The summed E-state index contributed by atoms with van der Waals surface area (Å²) in [4.78, 5) is 19.5. The second-order valence-electron chi connectivity index (χ2n) is 2.27. The molecule has 0 saturated carbocycles. The quantitative estimate of drug-likeness (QED) is 0.341. The van der Waals surface area contributed by atoms with Crippen LogP contribution in [0.4, 0.5) is 0 Å². The van der Waals surface area contributed by atoms with Crippen LogP contribution in [0, 0.1) is 0 Å². The standard InChI is InChI=1S/C8H10N2O2S2/c1-12-7(11)5-4-9-8(14-3)10-6(5)13-2/h4H,1-3H3. The van der Waals surface area contributed by atoms with Gasteiger partial charge in [-0.1, -0.05) is 11.8 Å². The zero-order valence-corrected chi connectivity index (χ0v) is 9.74. The number of hydrogen-bond donors (Lipinski definition) is 0. The molecule has 0 N–H and O–H groups in total. The normalized spacial score (nSPS) is 9.93. The van der Waals surface area contributed by atoms with Crippen LogP contribution in [0.2, 0.25) is 0 Å². The third-order valence-corrected chi connectivity index (χ3v) is 2.77. The lowest BCUT2D eigenvalue weighted by Crippen LogP contribution is -2.06. The Bertz CT molecular complexity index is 344. The minimum atomic E-state index is -0.401. The van der Waals surface area contributed by atoms with Gasteiger partial charge in [-0.05, 0) is 12.5 Å². The molecule has 1 aromatic rings. The van der Waals surface area contributed by atoms with E-state index in [9.17, 15) is 4.79 Å². The van der Waals surface area contributed by atoms with Gasteiger partial charge in [-0.15, -0.1) is 11.8 Å². The SMILES string of the molecule is COC(=O)c1cnc(SC)nc1SC. The van der Waals surface area contributed by atoms with Crippen LogP contribution in [0.15, 0.2) is 16.4 Å². The molecule has 1 rings (SSSR count). The molecule has 6 heteroatoms. The smallest absolute Gasteiger partial charge is 0.342 e. The van der Waals surface area contributed by atoms with Crippen LogP contribution in [0.1, 0.15) is 10.4 Å². The molecule has 0 spiro atoms. The molecule has 0 saturated heterocycles. The van der Waals surface area contributed by atoms with Crippen LogP contribution in [-0.2, 0) is 4.74 Å². The highest BCUT2D eigenvalue weighted by Crippen LogP contribution is 2.20. The molecule has 4 nitrogen and oxygen atoms in total. The molecule has 1 aromatic heterocycles. The van der Waals surface area contributed by atoms with Gasteiger partial charge in [0.15, 0.2) is 5.16 Å². The first-order valence-electron chi connectivity index (χ1n) is 3.76. The molecule has 0 amide bonds. The number of nitrogens with zero attached hydrogens (tertiary/aromatic N) is 2. The van der Waals surface area contributed by atoms with Crippen LogP contribution < -0.4 is 0 Å². The molecule has 0 bridgehead atoms. The first kappa shape index (κ1) is 11.3. The van der Waals surface area contributed by atoms with Crippen molar-refractivity contribution in [1.29, 1.82) is 0 Å². The van der Waals surface area contributed by atoms with Gasteiger partial charge < -0.3 is 4.74 Å². The molecule has 0 unspecified atom stereocenters. The summed E-state index contributed by atoms with van der Waals surface area (Å²) in [6.07, 6.45) is 5.24. The predicted molar refractivity (Wildman–Crippen MR) is 56.9 cm³/mol. The lowest BCUT2D eigenvalue weighted by molar-refractivity contribution is 0.0595. The summed E-state index contributed by atoms with van der Waals surface area (Å²) in [5.41, 5.74) is 0.415. The number of aromatic nitrogens is 2. The van der Waals surface area contributed by atoms with E-state index in [0.29, 0.717) is 15.7 Å². The van der Waals surface area contributed by atoms with E-state index in [2.05, 4.69) is 14.7 Å². The monoisotopic (exact) mass is 230 g/mol. The Hall–Kier alpha value is -0.750. The van der Waals surface area contributed by atoms with E-state index in [0.717, 1.165) is 0 Å². The summed E-state index contributed by atoms with van der Waals surface area (Å²) in [5, 5.41) is 1.30. The maximum atomic E-state index is 11.3. The van der Waals surface area contributed by atoms with Crippen molar-refractivity contribution in [1.82, 2.24) is 9.97 Å². The molecular formula is C8H10N2O2S2. The topological polar surface area (TPSA) is 52.1 Å². The van der Waals surface area contributed by atoms with Gasteiger partial charge in [0.1, 0.15) is 10.6 Å². The fourth-order valence-electron chi connectivity index (χ4n) is 0.855. The van der Waals surface area contributed by atoms with Gasteiger partial charge in [-0.2, -0.15) is 0 Å². The lowest BCUT2D eigenvalue weighted by Gasteiger charge is -2.04. The third-order valence-electron chi connectivity index (χ3n) is 1.51. The van der Waals surface area contributed by atoms with Crippen molar-refractivity contribution in [3.05, 3.63) is 11.8 Å². The van der Waals surface area contributed by atoms with Gasteiger partial charge in [0.25, 0.3) is 0 Å². The lowest BCUT2D eigenvalue weighted by atomic mass is 10.3. The fourth-order valence-corrected chi connectivity index (χ4v) is 1.79. The number of carbonyl (C=O) groups excluding carboxylic acids is 1. The Kier molecular flexibility index (Phi) is 4.21. The Morgan fingerprint density at radius 2 is 2.14 bits per heavy atom. The molecule has 0 aliphatic carbocycles. The van der Waals surface area contributed by atoms with E-state index in [1.54, 1.807) is 0 Å². The van der Waals surface area contributed by atoms with Crippen molar-refractivity contribution >= 4 is 29.5 Å². The Balaban J connectivity index is 3.11. The van der Waals surface area contributed by atoms with Crippen LogP contribution in [0.5, 0.6) is 0 Å². The van der Waals surface area contributed by atoms with Crippen molar-refractivity contribution < 1.29 is 9.53 Å². The molecule has 76 valence electrons. The molecule has 0 fully saturated rings. The minimum Gasteiger partial charge on any atom is -0.465 e. The Morgan fingerprint density at radius 1 is 1.43 bits per heavy atom. The maximum absolute atomic E-state index is 11.3. The number of ether oxygens (including phenoxy) is 1. The summed E-state index contributed by atoms with van der Waals surface area (Å²) in [5.74, 6) is -0.401. The summed E-state index contributed by atoms with van der Waals surface area (Å²) in [6, 6.07) is 0. The van der Waals surface area contributed by atoms with Gasteiger partial charge in [-0.25, -0.2) is 14.8 Å². The third kappa shape index (κ3) is 2.39. The van der Waals surface area contributed by atoms with Crippen molar-refractivity contribution in [3.8, 4) is 0 Å². The highest BCUT2D eigenvalue weighted by Gasteiger charge is 2.13. The van der Waals surface area contributed by atoms with Crippen LogP contribution in [-0.4, -0.2) is 35.6 Å². The molecule has 0 radical (unpaired) electrons. The van der Waals surface area contributed by atoms with E-state index in [4.69, 9.17) is 0 Å². The number of carbonyl (C=O) groups is 1. The second-order valence-corrected chi connectivity index (χ2v) is 3.84. The summed E-state index contributed by atoms with van der Waals surface area (Å²) >= 11 is 2.84. The molecule has 0 aliphatic heterocycles. The summed E-state index contributed by atoms with van der Waals surface area (Å²) in [6.45, 7) is 0. The van der Waals surface area contributed by atoms with Crippen molar-refractivity contribution in [3.63, 3.8) is 0 Å². The van der Waals surface area contributed by atoms with Crippen molar-refractivity contribution in [2.24, 2.45) is 0 Å². The van der Waals surface area contributed by atoms with Gasteiger partial charge >= 0.3 is 5.97 Å². The minimum absolute atomic E-state index is 0.401. The first-order chi connectivity index (χ1) is 6.72. The van der Waals surface area contributed by atoms with Crippen LogP contribution >= 0.6 is 23.5 Å². The number of methoxy groups -OCH3 is 1. The molecule has 0 atom stereocenters. The summed E-state index contributed by atoms with van der Waals surface area (Å²) in [7, 11) is 1.34. The zero-order chi connectivity index (χ0) is 10.6. The van der Waals surface area contributed by atoms with Gasteiger partial charge in [-0.3, -0.25) is 0 Å². The van der Waals surface area contributed by atoms with Gasteiger partial charge in [0.2, 0.25) is 0 Å². The number of esters is 1. The van der Waals surface area contributed by atoms with E-state index in [1.807, 2.05) is 12.5 Å². The predicted octanol–water partition coefficient (Wildman–Crippen LogP) is 1.71. The van der Waals surface area contributed by atoms with E-state index in [-0.39, 0.29) is 0 Å². The maximum Gasteiger partial charge on any atom is 0.342 e. The average molecular weight is 230 g/mol. The molecule has 0 aliphatic rings. The number of rotatable bonds is 3. The number of thioether (sulfide) groups is 2. The van der Waals surface area contributed by atoms with Gasteiger partial charge in [0, 0.05) is 6.20 Å². The highest BCUT2D eigenvalue weighted by atomic mass is 32.2. The molecule has 0 aromatic carbocycles. The van der Waals surface area contributed by atoms with Crippen molar-refractivity contribution in [2.45, 2.75) is 10.2 Å².